The maximum atomic E-state index is 5.54. The third-order valence-corrected chi connectivity index (χ3v) is 4.95. The van der Waals surface area contributed by atoms with Crippen molar-refractivity contribution in [3.63, 3.8) is 0 Å². The van der Waals surface area contributed by atoms with Crippen LogP contribution >= 0.6 is 24.0 Å². The number of methoxy groups -OCH3 is 3. The van der Waals surface area contributed by atoms with Gasteiger partial charge in [-0.15, -0.1) is 24.0 Å². The molecule has 8 nitrogen and oxygen atoms in total. The lowest BCUT2D eigenvalue weighted by molar-refractivity contribution is 0.322. The van der Waals surface area contributed by atoms with E-state index >= 15 is 0 Å². The normalized spacial score (nSPS) is 11.1. The Kier molecular flexibility index (Phi) is 12.1. The van der Waals surface area contributed by atoms with Crippen molar-refractivity contribution in [1.29, 1.82) is 0 Å². The van der Waals surface area contributed by atoms with Gasteiger partial charge in [0.05, 0.1) is 40.1 Å². The lowest BCUT2D eigenvalue weighted by Gasteiger charge is -2.15. The van der Waals surface area contributed by atoms with Crippen LogP contribution in [0.15, 0.2) is 27.7 Å². The largest absolute Gasteiger partial charge is 0.493 e. The molecule has 31 heavy (non-hydrogen) atoms. The molecule has 2 N–H and O–H groups in total. The zero-order valence-corrected chi connectivity index (χ0v) is 21.6. The van der Waals surface area contributed by atoms with Gasteiger partial charge in [-0.2, -0.15) is 0 Å². The third-order valence-electron chi connectivity index (χ3n) is 4.95. The maximum Gasteiger partial charge on any atom is 0.203 e. The molecule has 1 aromatic heterocycles. The van der Waals surface area contributed by atoms with Gasteiger partial charge in [0.15, 0.2) is 23.2 Å². The minimum Gasteiger partial charge on any atom is -0.493 e. The topological polar surface area (TPSA) is 90.1 Å². The van der Waals surface area contributed by atoms with Gasteiger partial charge >= 0.3 is 0 Å². The molecule has 0 saturated carbocycles. The summed E-state index contributed by atoms with van der Waals surface area (Å²) in [6, 6.07) is 5.79. The summed E-state index contributed by atoms with van der Waals surface area (Å²) in [6.45, 7) is 8.01. The summed E-state index contributed by atoms with van der Waals surface area (Å²) < 4.78 is 21.8. The number of hydrogen-bond donors (Lipinski definition) is 2. The summed E-state index contributed by atoms with van der Waals surface area (Å²) >= 11 is 0. The van der Waals surface area contributed by atoms with Crippen LogP contribution in [-0.2, 0) is 13.1 Å². The molecule has 1 heterocycles. The third kappa shape index (κ3) is 7.19. The van der Waals surface area contributed by atoms with E-state index in [1.165, 1.54) is 0 Å². The number of ether oxygens (including phenoxy) is 3. The SMILES string of the molecule is CCNC(=NCc1ccc(OC)c(OC)c1OC)NCc1cc(C(CC)CC)no1.I. The van der Waals surface area contributed by atoms with Crippen molar-refractivity contribution in [3.05, 3.63) is 35.2 Å². The summed E-state index contributed by atoms with van der Waals surface area (Å²) in [7, 11) is 4.79. The Morgan fingerprint density at radius 2 is 1.74 bits per heavy atom. The molecule has 0 aliphatic rings. The number of guanidine groups is 1. The van der Waals surface area contributed by atoms with Crippen molar-refractivity contribution in [2.45, 2.75) is 52.6 Å². The van der Waals surface area contributed by atoms with Crippen LogP contribution in [-0.4, -0.2) is 39.0 Å². The number of aliphatic imine (C=N–C) groups is 1. The zero-order chi connectivity index (χ0) is 21.9. The summed E-state index contributed by atoms with van der Waals surface area (Å²) in [6.07, 6.45) is 2.10. The van der Waals surface area contributed by atoms with Crippen molar-refractivity contribution < 1.29 is 18.7 Å². The molecule has 2 aromatic rings. The van der Waals surface area contributed by atoms with E-state index in [4.69, 9.17) is 18.7 Å². The first kappa shape index (κ1) is 26.9. The number of hydrogen-bond acceptors (Lipinski definition) is 6. The zero-order valence-electron chi connectivity index (χ0n) is 19.3. The highest BCUT2D eigenvalue weighted by molar-refractivity contribution is 14.0. The molecule has 0 radical (unpaired) electrons. The molecule has 0 unspecified atom stereocenters. The number of nitrogens with zero attached hydrogens (tertiary/aromatic N) is 2. The van der Waals surface area contributed by atoms with Gasteiger partial charge in [0, 0.05) is 24.1 Å². The molecule has 0 aliphatic carbocycles. The predicted molar refractivity (Wildman–Crippen MR) is 133 cm³/mol. The van der Waals surface area contributed by atoms with Gasteiger partial charge in [-0.05, 0) is 31.9 Å². The minimum atomic E-state index is 0. The van der Waals surface area contributed by atoms with Crippen LogP contribution in [0.1, 0.15) is 56.5 Å². The second-order valence-corrected chi connectivity index (χ2v) is 6.77. The first-order valence-electron chi connectivity index (χ1n) is 10.4. The molecular formula is C22H35IN4O4. The molecule has 0 bridgehead atoms. The van der Waals surface area contributed by atoms with Crippen LogP contribution in [0, 0.1) is 0 Å². The molecule has 9 heteroatoms. The highest BCUT2D eigenvalue weighted by Gasteiger charge is 2.16. The van der Waals surface area contributed by atoms with Crippen molar-refractivity contribution >= 4 is 29.9 Å². The van der Waals surface area contributed by atoms with Crippen LogP contribution in [0.4, 0.5) is 0 Å². The Morgan fingerprint density at radius 1 is 1.03 bits per heavy atom. The van der Waals surface area contributed by atoms with Crippen molar-refractivity contribution in [2.24, 2.45) is 4.99 Å². The molecule has 1 aromatic carbocycles. The second-order valence-electron chi connectivity index (χ2n) is 6.77. The predicted octanol–water partition coefficient (Wildman–Crippen LogP) is 4.48. The number of nitrogens with one attached hydrogen (secondary N) is 2. The number of halogens is 1. The van der Waals surface area contributed by atoms with Crippen LogP contribution in [0.2, 0.25) is 0 Å². The van der Waals surface area contributed by atoms with Crippen LogP contribution in [0.25, 0.3) is 0 Å². The maximum absolute atomic E-state index is 5.54. The number of benzene rings is 1. The van der Waals surface area contributed by atoms with E-state index in [1.807, 2.05) is 25.1 Å². The van der Waals surface area contributed by atoms with Gasteiger partial charge in [0.1, 0.15) is 0 Å². The van der Waals surface area contributed by atoms with Gasteiger partial charge in [0.25, 0.3) is 0 Å². The van der Waals surface area contributed by atoms with Crippen LogP contribution < -0.4 is 24.8 Å². The number of aromatic nitrogens is 1. The molecule has 174 valence electrons. The van der Waals surface area contributed by atoms with Gasteiger partial charge in [-0.1, -0.05) is 19.0 Å². The molecule has 2 rings (SSSR count). The Labute approximate surface area is 202 Å². The molecule has 0 spiro atoms. The first-order valence-corrected chi connectivity index (χ1v) is 10.4. The summed E-state index contributed by atoms with van der Waals surface area (Å²) in [5.74, 6) is 3.68. The summed E-state index contributed by atoms with van der Waals surface area (Å²) in [5, 5.41) is 10.8. The van der Waals surface area contributed by atoms with E-state index in [0.717, 1.165) is 36.4 Å². The fourth-order valence-electron chi connectivity index (χ4n) is 3.28. The van der Waals surface area contributed by atoms with E-state index in [2.05, 4.69) is 34.6 Å². The number of rotatable bonds is 11. The average molecular weight is 546 g/mol. The van der Waals surface area contributed by atoms with Gasteiger partial charge in [-0.25, -0.2) is 4.99 Å². The Bertz CT molecular complexity index is 822. The van der Waals surface area contributed by atoms with Crippen LogP contribution in [0.3, 0.4) is 0 Å². The highest BCUT2D eigenvalue weighted by atomic mass is 127. The molecule has 0 aliphatic heterocycles. The molecule has 0 saturated heterocycles. The van der Waals surface area contributed by atoms with Gasteiger partial charge in [-0.3, -0.25) is 0 Å². The Morgan fingerprint density at radius 3 is 2.32 bits per heavy atom. The highest BCUT2D eigenvalue weighted by Crippen LogP contribution is 2.39. The van der Waals surface area contributed by atoms with Gasteiger partial charge < -0.3 is 29.4 Å². The molecule has 0 fully saturated rings. The standard InChI is InChI=1S/C22H34N4O4.HI/c1-7-15(8-2)18-12-17(30-26-18)14-25-22(23-9-3)24-13-16-10-11-19(27-4)21(29-6)20(16)28-5;/h10-12,15H,7-9,13-14H2,1-6H3,(H2,23,24,25);1H. The Hall–Kier alpha value is -2.17. The van der Waals surface area contributed by atoms with E-state index in [-0.39, 0.29) is 24.0 Å². The summed E-state index contributed by atoms with van der Waals surface area (Å²) in [5.41, 5.74) is 1.90. The smallest absolute Gasteiger partial charge is 0.203 e. The van der Waals surface area contributed by atoms with E-state index in [1.54, 1.807) is 21.3 Å². The lowest BCUT2D eigenvalue weighted by atomic mass is 9.99. The first-order chi connectivity index (χ1) is 14.6. The monoisotopic (exact) mass is 546 g/mol. The van der Waals surface area contributed by atoms with Crippen molar-refractivity contribution in [3.8, 4) is 17.2 Å². The minimum absolute atomic E-state index is 0. The van der Waals surface area contributed by atoms with Crippen molar-refractivity contribution in [1.82, 2.24) is 15.8 Å². The van der Waals surface area contributed by atoms with E-state index in [9.17, 15) is 0 Å². The van der Waals surface area contributed by atoms with E-state index < -0.39 is 0 Å². The fourth-order valence-corrected chi connectivity index (χ4v) is 3.28. The Balaban J connectivity index is 0.00000480. The van der Waals surface area contributed by atoms with Crippen molar-refractivity contribution in [2.75, 3.05) is 27.9 Å². The molecule has 0 amide bonds. The fraction of sp³-hybridized carbons (Fsp3) is 0.545. The summed E-state index contributed by atoms with van der Waals surface area (Å²) in [4.78, 5) is 4.67. The van der Waals surface area contributed by atoms with E-state index in [0.29, 0.717) is 42.2 Å². The molecular weight excluding hydrogens is 511 g/mol. The van der Waals surface area contributed by atoms with Gasteiger partial charge in [0.2, 0.25) is 5.75 Å². The lowest BCUT2D eigenvalue weighted by Crippen LogP contribution is -2.36. The molecule has 0 atom stereocenters. The van der Waals surface area contributed by atoms with Crippen LogP contribution in [0.5, 0.6) is 17.2 Å². The quantitative estimate of drug-likeness (QED) is 0.244. The second kappa shape index (κ2) is 14.0. The average Bonchev–Trinajstić information content (AvgIpc) is 3.24.